The van der Waals surface area contributed by atoms with Crippen LogP contribution in [0.1, 0.15) is 12.8 Å². The molecule has 5 nitrogen and oxygen atoms in total. The molecular formula is C18H21F3O5S2. The highest BCUT2D eigenvalue weighted by Gasteiger charge is 2.52. The molecule has 0 unspecified atom stereocenters. The molecule has 0 saturated carbocycles. The number of hydrogen-bond acceptors (Lipinski definition) is 5. The summed E-state index contributed by atoms with van der Waals surface area (Å²) in [6.45, 7) is 0.703. The maximum absolute atomic E-state index is 13.0. The number of rotatable bonds is 7. The van der Waals surface area contributed by atoms with Crippen LogP contribution in [0, 0.1) is 0 Å². The normalized spacial score (nSPS) is 18.3. The fraction of sp³-hybridized carbons (Fsp3) is 0.444. The van der Waals surface area contributed by atoms with Crippen molar-refractivity contribution in [3.8, 4) is 5.75 Å². The molecule has 0 amide bonds. The maximum Gasteiger partial charge on any atom is 0.523 e. The maximum atomic E-state index is 13.0. The Morgan fingerprint density at radius 3 is 2.29 bits per heavy atom. The number of fused-ring (bicyclic) bond motifs is 1. The topological polar surface area (TPSA) is 61.8 Å². The minimum Gasteiger partial charge on any atom is -0.491 e. The zero-order chi connectivity index (χ0) is 20.4. The average Bonchev–Trinajstić information content (AvgIpc) is 3.09. The first-order valence-electron chi connectivity index (χ1n) is 8.65. The van der Waals surface area contributed by atoms with Crippen molar-refractivity contribution in [1.29, 1.82) is 0 Å². The van der Waals surface area contributed by atoms with E-state index >= 15 is 0 Å². The number of alkyl halides is 3. The van der Waals surface area contributed by atoms with Crippen molar-refractivity contribution in [2.75, 3.05) is 31.8 Å². The quantitative estimate of drug-likeness (QED) is 0.467. The van der Waals surface area contributed by atoms with Gasteiger partial charge < -0.3 is 9.47 Å². The predicted octanol–water partition coefficient (Wildman–Crippen LogP) is 4.60. The van der Waals surface area contributed by atoms with E-state index in [0.717, 1.165) is 0 Å². The number of ether oxygens (including phenoxy) is 2. The van der Waals surface area contributed by atoms with Gasteiger partial charge in [0.25, 0.3) is 0 Å². The first kappa shape index (κ1) is 21.2. The predicted molar refractivity (Wildman–Crippen MR) is 102 cm³/mol. The molecule has 3 rings (SSSR count). The molecule has 1 aliphatic heterocycles. The minimum atomic E-state index is -5.69. The van der Waals surface area contributed by atoms with Gasteiger partial charge in [0, 0.05) is 28.9 Å². The summed E-state index contributed by atoms with van der Waals surface area (Å²) >= 11 is 0. The Morgan fingerprint density at radius 1 is 1.00 bits per heavy atom. The van der Waals surface area contributed by atoms with Crippen molar-refractivity contribution in [3.63, 3.8) is 0 Å². The van der Waals surface area contributed by atoms with Crippen LogP contribution in [-0.4, -0.2) is 45.8 Å². The van der Waals surface area contributed by atoms with Gasteiger partial charge in [-0.25, -0.2) is 3.63 Å². The minimum absolute atomic E-state index is 0.274. The standard InChI is InChI=1S/C18H21F3O5S2/c1-24-10-11-25-16-8-4-7-15-14(16)6-5-9-17(15)27(12-2-3-13-27)26-28(22,23)18(19,20)21/h4-9H,2-3,10-13H2,1H3. The van der Waals surface area contributed by atoms with E-state index in [2.05, 4.69) is 0 Å². The van der Waals surface area contributed by atoms with E-state index < -0.39 is 25.9 Å². The van der Waals surface area contributed by atoms with E-state index in [1.54, 1.807) is 43.5 Å². The molecule has 0 aromatic heterocycles. The summed E-state index contributed by atoms with van der Waals surface area (Å²) < 4.78 is 78.2. The van der Waals surface area contributed by atoms with Crippen LogP contribution in [0.3, 0.4) is 0 Å². The van der Waals surface area contributed by atoms with Crippen LogP contribution in [-0.2, 0) is 18.5 Å². The lowest BCUT2D eigenvalue weighted by molar-refractivity contribution is -0.0496. The largest absolute Gasteiger partial charge is 0.523 e. The van der Waals surface area contributed by atoms with Crippen molar-refractivity contribution in [2.45, 2.75) is 23.2 Å². The molecule has 2 aromatic carbocycles. The summed E-state index contributed by atoms with van der Waals surface area (Å²) in [5, 5.41) is 1.34. The lowest BCUT2D eigenvalue weighted by Gasteiger charge is -2.35. The number of benzene rings is 2. The molecular weight excluding hydrogens is 417 g/mol. The molecule has 2 aromatic rings. The summed E-state index contributed by atoms with van der Waals surface area (Å²) in [7, 11) is -6.78. The molecule has 1 fully saturated rings. The smallest absolute Gasteiger partial charge is 0.491 e. The molecule has 28 heavy (non-hydrogen) atoms. The average molecular weight is 438 g/mol. The van der Waals surface area contributed by atoms with Gasteiger partial charge in [0.1, 0.15) is 12.4 Å². The van der Waals surface area contributed by atoms with Crippen LogP contribution in [0.2, 0.25) is 0 Å². The second-order valence-electron chi connectivity index (χ2n) is 6.34. The van der Waals surface area contributed by atoms with Gasteiger partial charge in [0.05, 0.1) is 6.61 Å². The highest BCUT2D eigenvalue weighted by Crippen LogP contribution is 2.65. The first-order valence-corrected chi connectivity index (χ1v) is 12.0. The van der Waals surface area contributed by atoms with Crippen molar-refractivity contribution in [2.24, 2.45) is 0 Å². The number of hydrogen-bond donors (Lipinski definition) is 0. The lowest BCUT2D eigenvalue weighted by Crippen LogP contribution is -2.27. The fourth-order valence-electron chi connectivity index (χ4n) is 3.24. The van der Waals surface area contributed by atoms with Gasteiger partial charge in [-0.3, -0.25) is 0 Å². The summed E-state index contributed by atoms with van der Waals surface area (Å²) in [6, 6.07) is 10.4. The van der Waals surface area contributed by atoms with Crippen molar-refractivity contribution in [1.82, 2.24) is 0 Å². The first-order chi connectivity index (χ1) is 13.2. The zero-order valence-electron chi connectivity index (χ0n) is 15.2. The van der Waals surface area contributed by atoms with E-state index in [0.29, 0.717) is 47.5 Å². The van der Waals surface area contributed by atoms with E-state index in [9.17, 15) is 21.6 Å². The zero-order valence-corrected chi connectivity index (χ0v) is 16.8. The van der Waals surface area contributed by atoms with Crippen LogP contribution in [0.5, 0.6) is 5.75 Å². The molecule has 10 heteroatoms. The second-order valence-corrected chi connectivity index (χ2v) is 11.1. The summed E-state index contributed by atoms with van der Waals surface area (Å²) in [4.78, 5) is 0.507. The van der Waals surface area contributed by atoms with Gasteiger partial charge in [-0.1, -0.05) is 34.6 Å². The highest BCUT2D eigenvalue weighted by atomic mass is 32.3. The van der Waals surface area contributed by atoms with Crippen molar-refractivity contribution in [3.05, 3.63) is 36.4 Å². The van der Waals surface area contributed by atoms with Crippen LogP contribution in [0.15, 0.2) is 41.3 Å². The molecule has 0 aliphatic carbocycles. The van der Waals surface area contributed by atoms with Crippen molar-refractivity contribution >= 4 is 31.2 Å². The van der Waals surface area contributed by atoms with E-state index in [1.165, 1.54) is 0 Å². The Morgan fingerprint density at radius 2 is 1.64 bits per heavy atom. The Bertz CT molecular complexity index is 938. The third kappa shape index (κ3) is 4.10. The Labute approximate surface area is 163 Å². The van der Waals surface area contributed by atoms with E-state index in [4.69, 9.17) is 13.1 Å². The van der Waals surface area contributed by atoms with Crippen LogP contribution in [0.4, 0.5) is 13.2 Å². The molecule has 0 radical (unpaired) electrons. The van der Waals surface area contributed by atoms with Gasteiger partial charge in [-0.2, -0.15) is 21.6 Å². The molecule has 1 aliphatic rings. The van der Waals surface area contributed by atoms with Gasteiger partial charge in [0.15, 0.2) is 0 Å². The van der Waals surface area contributed by atoms with E-state index in [1.807, 2.05) is 0 Å². The summed E-state index contributed by atoms with van der Waals surface area (Å²) in [6.07, 6.45) is 1.23. The third-order valence-corrected chi connectivity index (χ3v) is 9.87. The van der Waals surface area contributed by atoms with Crippen molar-refractivity contribution < 1.29 is 34.7 Å². The number of halogens is 3. The second kappa shape index (κ2) is 8.10. The lowest BCUT2D eigenvalue weighted by atomic mass is 10.1. The molecule has 0 spiro atoms. The Balaban J connectivity index is 2.08. The van der Waals surface area contributed by atoms with Gasteiger partial charge in [0.2, 0.25) is 0 Å². The van der Waals surface area contributed by atoms with Crippen LogP contribution < -0.4 is 4.74 Å². The molecule has 0 atom stereocenters. The molecule has 1 saturated heterocycles. The molecule has 1 heterocycles. The monoisotopic (exact) mass is 438 g/mol. The Kier molecular flexibility index (Phi) is 6.14. The summed E-state index contributed by atoms with van der Waals surface area (Å²) in [5.74, 6) is 1.11. The SMILES string of the molecule is COCCOc1cccc2c(S3(OS(=O)(=O)C(F)(F)F)CCCC3)cccc12. The molecule has 156 valence electrons. The Hall–Kier alpha value is -1.49. The third-order valence-electron chi connectivity index (χ3n) is 4.49. The molecule has 0 N–H and O–H groups in total. The van der Waals surface area contributed by atoms with Gasteiger partial charge >= 0.3 is 15.6 Å². The van der Waals surface area contributed by atoms with Crippen LogP contribution in [0.25, 0.3) is 10.8 Å². The highest BCUT2D eigenvalue weighted by molar-refractivity contribution is 8.33. The van der Waals surface area contributed by atoms with Gasteiger partial charge in [-0.05, 0) is 30.4 Å². The fourth-order valence-corrected chi connectivity index (χ4v) is 8.65. The van der Waals surface area contributed by atoms with E-state index in [-0.39, 0.29) is 11.5 Å². The molecule has 0 bridgehead atoms. The van der Waals surface area contributed by atoms with Gasteiger partial charge in [-0.15, -0.1) is 0 Å². The number of methoxy groups -OCH3 is 1. The van der Waals surface area contributed by atoms with Crippen LogP contribution >= 0.6 is 10.3 Å². The summed E-state index contributed by atoms with van der Waals surface area (Å²) in [5.41, 5.74) is -5.45.